The zero-order valence-corrected chi connectivity index (χ0v) is 21.3. The number of hydrogen-bond acceptors (Lipinski definition) is 5. The van der Waals surface area contributed by atoms with Crippen LogP contribution in [0.5, 0.6) is 11.5 Å². The Morgan fingerprint density at radius 2 is 1.70 bits per heavy atom. The normalized spacial score (nSPS) is 13.9. The molecular formula is C22H39IN4O3. The van der Waals surface area contributed by atoms with Gasteiger partial charge in [-0.05, 0) is 42.5 Å². The summed E-state index contributed by atoms with van der Waals surface area (Å²) in [5.41, 5.74) is 2.67. The molecule has 2 N–H and O–H groups in total. The van der Waals surface area contributed by atoms with E-state index < -0.39 is 0 Å². The number of rotatable bonds is 12. The molecule has 0 unspecified atom stereocenters. The lowest BCUT2D eigenvalue weighted by Gasteiger charge is -2.29. The van der Waals surface area contributed by atoms with Gasteiger partial charge in [0.25, 0.3) is 0 Å². The topological polar surface area (TPSA) is 67.4 Å². The van der Waals surface area contributed by atoms with E-state index in [0.29, 0.717) is 0 Å². The standard InChI is InChI=1S/C22H38N4O3.HI/c1-5-6-13-29-14-7-9-24-22(23-2)25-10-12-26-11-8-18-15-20(27-3)21(28-4)16-19(18)17-26;/h15-16H,5-14,17H2,1-4H3,(H2,23,24,25);1H. The van der Waals surface area contributed by atoms with E-state index in [1.165, 1.54) is 17.5 Å². The predicted molar refractivity (Wildman–Crippen MR) is 134 cm³/mol. The van der Waals surface area contributed by atoms with Crippen LogP contribution in [0.4, 0.5) is 0 Å². The lowest BCUT2D eigenvalue weighted by atomic mass is 9.99. The number of fused-ring (bicyclic) bond motifs is 1. The molecule has 0 bridgehead atoms. The van der Waals surface area contributed by atoms with Gasteiger partial charge in [0.15, 0.2) is 17.5 Å². The fraction of sp³-hybridized carbons (Fsp3) is 0.682. The molecule has 1 aliphatic rings. The van der Waals surface area contributed by atoms with Gasteiger partial charge in [-0.15, -0.1) is 24.0 Å². The lowest BCUT2D eigenvalue weighted by Crippen LogP contribution is -2.43. The molecule has 0 aromatic heterocycles. The van der Waals surface area contributed by atoms with E-state index in [4.69, 9.17) is 14.2 Å². The number of aliphatic imine (C=N–C) groups is 1. The van der Waals surface area contributed by atoms with Gasteiger partial charge in [-0.25, -0.2) is 0 Å². The van der Waals surface area contributed by atoms with Crippen molar-refractivity contribution in [3.05, 3.63) is 23.3 Å². The van der Waals surface area contributed by atoms with E-state index in [1.54, 1.807) is 14.2 Å². The largest absolute Gasteiger partial charge is 0.493 e. The molecule has 7 nitrogen and oxygen atoms in total. The number of benzene rings is 1. The van der Waals surface area contributed by atoms with Crippen LogP contribution in [-0.4, -0.2) is 71.5 Å². The fourth-order valence-corrected chi connectivity index (χ4v) is 3.41. The highest BCUT2D eigenvalue weighted by Crippen LogP contribution is 2.33. The summed E-state index contributed by atoms with van der Waals surface area (Å²) >= 11 is 0. The highest BCUT2D eigenvalue weighted by molar-refractivity contribution is 14.0. The molecule has 1 aromatic rings. The summed E-state index contributed by atoms with van der Waals surface area (Å²) in [5, 5.41) is 6.76. The Hall–Kier alpha value is -1.26. The van der Waals surface area contributed by atoms with E-state index in [0.717, 1.165) is 82.7 Å². The van der Waals surface area contributed by atoms with Gasteiger partial charge >= 0.3 is 0 Å². The number of methoxy groups -OCH3 is 2. The average molecular weight is 534 g/mol. The number of nitrogens with one attached hydrogen (secondary N) is 2. The van der Waals surface area contributed by atoms with Crippen LogP contribution >= 0.6 is 24.0 Å². The van der Waals surface area contributed by atoms with Crippen molar-refractivity contribution in [3.63, 3.8) is 0 Å². The van der Waals surface area contributed by atoms with E-state index in [-0.39, 0.29) is 24.0 Å². The molecule has 1 heterocycles. The van der Waals surface area contributed by atoms with Gasteiger partial charge in [0, 0.05) is 53.0 Å². The lowest BCUT2D eigenvalue weighted by molar-refractivity contribution is 0.129. The second-order valence-corrected chi connectivity index (χ2v) is 7.25. The molecule has 0 saturated carbocycles. The van der Waals surface area contributed by atoms with Crippen LogP contribution in [0, 0.1) is 0 Å². The fourth-order valence-electron chi connectivity index (χ4n) is 3.41. The molecule has 0 amide bonds. The molecule has 172 valence electrons. The van der Waals surface area contributed by atoms with Crippen LogP contribution in [0.25, 0.3) is 0 Å². The third-order valence-corrected chi connectivity index (χ3v) is 5.14. The SMILES string of the molecule is CCCCOCCCNC(=NC)NCCN1CCc2cc(OC)c(OC)cc2C1.I. The van der Waals surface area contributed by atoms with Crippen molar-refractivity contribution in [1.29, 1.82) is 0 Å². The predicted octanol–water partition coefficient (Wildman–Crippen LogP) is 3.05. The highest BCUT2D eigenvalue weighted by atomic mass is 127. The van der Waals surface area contributed by atoms with Gasteiger partial charge in [0.2, 0.25) is 0 Å². The summed E-state index contributed by atoms with van der Waals surface area (Å²) in [6, 6.07) is 4.22. The minimum absolute atomic E-state index is 0. The molecule has 2 rings (SSSR count). The van der Waals surface area contributed by atoms with Crippen molar-refractivity contribution in [1.82, 2.24) is 15.5 Å². The third-order valence-electron chi connectivity index (χ3n) is 5.14. The minimum Gasteiger partial charge on any atom is -0.493 e. The van der Waals surface area contributed by atoms with Crippen LogP contribution in [0.1, 0.15) is 37.3 Å². The molecule has 0 fully saturated rings. The number of hydrogen-bond donors (Lipinski definition) is 2. The van der Waals surface area contributed by atoms with E-state index in [1.807, 2.05) is 7.05 Å². The monoisotopic (exact) mass is 534 g/mol. The number of ether oxygens (including phenoxy) is 3. The molecule has 1 aromatic carbocycles. The Kier molecular flexibility index (Phi) is 13.9. The van der Waals surface area contributed by atoms with Gasteiger partial charge in [-0.2, -0.15) is 0 Å². The van der Waals surface area contributed by atoms with Crippen LogP contribution in [0.3, 0.4) is 0 Å². The van der Waals surface area contributed by atoms with Crippen LogP contribution in [0.15, 0.2) is 17.1 Å². The Labute approximate surface area is 199 Å². The molecule has 0 radical (unpaired) electrons. The molecule has 30 heavy (non-hydrogen) atoms. The number of guanidine groups is 1. The average Bonchev–Trinajstić information content (AvgIpc) is 2.76. The zero-order chi connectivity index (χ0) is 20.9. The number of halogens is 1. The maximum Gasteiger partial charge on any atom is 0.191 e. The summed E-state index contributed by atoms with van der Waals surface area (Å²) < 4.78 is 16.5. The van der Waals surface area contributed by atoms with Crippen molar-refractivity contribution in [3.8, 4) is 11.5 Å². The number of nitrogens with zero attached hydrogens (tertiary/aromatic N) is 2. The summed E-state index contributed by atoms with van der Waals surface area (Å²) in [6.45, 7) is 8.50. The van der Waals surface area contributed by atoms with Crippen molar-refractivity contribution < 1.29 is 14.2 Å². The second-order valence-electron chi connectivity index (χ2n) is 7.25. The smallest absolute Gasteiger partial charge is 0.191 e. The molecule has 0 spiro atoms. The van der Waals surface area contributed by atoms with Crippen molar-refractivity contribution in [2.45, 2.75) is 39.2 Å². The molecule has 1 aliphatic heterocycles. The molecule has 8 heteroatoms. The minimum atomic E-state index is 0. The van der Waals surface area contributed by atoms with Gasteiger partial charge in [0.1, 0.15) is 0 Å². The van der Waals surface area contributed by atoms with Gasteiger partial charge < -0.3 is 24.8 Å². The summed E-state index contributed by atoms with van der Waals surface area (Å²) in [7, 11) is 5.18. The van der Waals surface area contributed by atoms with Crippen LogP contribution < -0.4 is 20.1 Å². The van der Waals surface area contributed by atoms with E-state index >= 15 is 0 Å². The molecule has 0 atom stereocenters. The van der Waals surface area contributed by atoms with E-state index in [9.17, 15) is 0 Å². The summed E-state index contributed by atoms with van der Waals surface area (Å²) in [5.74, 6) is 2.46. The van der Waals surface area contributed by atoms with Crippen molar-refractivity contribution >= 4 is 29.9 Å². The zero-order valence-electron chi connectivity index (χ0n) is 19.0. The van der Waals surface area contributed by atoms with Crippen LogP contribution in [-0.2, 0) is 17.7 Å². The molecule has 0 saturated heterocycles. The van der Waals surface area contributed by atoms with Crippen molar-refractivity contribution in [2.24, 2.45) is 4.99 Å². The third kappa shape index (κ3) is 8.85. The summed E-state index contributed by atoms with van der Waals surface area (Å²) in [6.07, 6.45) is 4.33. The van der Waals surface area contributed by atoms with Gasteiger partial charge in [-0.1, -0.05) is 13.3 Å². The maximum absolute atomic E-state index is 5.59. The van der Waals surface area contributed by atoms with Gasteiger partial charge in [0.05, 0.1) is 14.2 Å². The van der Waals surface area contributed by atoms with Crippen molar-refractivity contribution in [2.75, 3.05) is 60.7 Å². The Balaban J connectivity index is 0.00000450. The quantitative estimate of drug-likeness (QED) is 0.186. The number of unbranched alkanes of at least 4 members (excludes halogenated alkanes) is 1. The maximum atomic E-state index is 5.59. The van der Waals surface area contributed by atoms with Gasteiger partial charge in [-0.3, -0.25) is 9.89 Å². The van der Waals surface area contributed by atoms with Crippen LogP contribution in [0.2, 0.25) is 0 Å². The first kappa shape index (κ1) is 26.8. The first-order valence-electron chi connectivity index (χ1n) is 10.7. The highest BCUT2D eigenvalue weighted by Gasteiger charge is 2.19. The Morgan fingerprint density at radius 3 is 2.37 bits per heavy atom. The van der Waals surface area contributed by atoms with E-state index in [2.05, 4.69) is 39.6 Å². The Morgan fingerprint density at radius 1 is 1.03 bits per heavy atom. The summed E-state index contributed by atoms with van der Waals surface area (Å²) in [4.78, 5) is 6.75. The molecular weight excluding hydrogens is 495 g/mol. The molecule has 0 aliphatic carbocycles. The Bertz CT molecular complexity index is 643. The first-order valence-corrected chi connectivity index (χ1v) is 10.7. The first-order chi connectivity index (χ1) is 14.2. The second kappa shape index (κ2) is 15.5.